The van der Waals surface area contributed by atoms with Gasteiger partial charge in [-0.1, -0.05) is 52.0 Å². The van der Waals surface area contributed by atoms with Gasteiger partial charge in [-0.2, -0.15) is 0 Å². The normalized spacial score (nSPS) is 12.2. The number of methoxy groups -OCH3 is 1. The molecule has 162 valence electrons. The number of carbonyl (C=O) groups excluding carboxylic acids is 2. The molecule has 0 unspecified atom stereocenters. The van der Waals surface area contributed by atoms with Gasteiger partial charge < -0.3 is 20.1 Å². The van der Waals surface area contributed by atoms with Crippen molar-refractivity contribution in [1.29, 1.82) is 0 Å². The molecular weight excluding hydrogens is 380 g/mol. The molecule has 1 atom stereocenters. The number of rotatable bonds is 9. The summed E-state index contributed by atoms with van der Waals surface area (Å²) in [5.74, 6) is 0.0693. The van der Waals surface area contributed by atoms with E-state index in [1.165, 1.54) is 5.56 Å². The molecule has 0 bridgehead atoms. The van der Waals surface area contributed by atoms with E-state index in [0.717, 1.165) is 0 Å². The Bertz CT molecular complexity index is 841. The molecule has 30 heavy (non-hydrogen) atoms. The third kappa shape index (κ3) is 6.59. The van der Waals surface area contributed by atoms with Gasteiger partial charge in [0.15, 0.2) is 6.10 Å². The minimum atomic E-state index is -0.671. The molecule has 0 saturated carbocycles. The second-order valence-corrected chi connectivity index (χ2v) is 8.07. The van der Waals surface area contributed by atoms with Crippen molar-refractivity contribution in [3.63, 3.8) is 0 Å². The van der Waals surface area contributed by atoms with Crippen LogP contribution < -0.4 is 15.4 Å². The average Bonchev–Trinajstić information content (AvgIpc) is 2.72. The van der Waals surface area contributed by atoms with E-state index >= 15 is 0 Å². The van der Waals surface area contributed by atoms with Gasteiger partial charge in [0.2, 0.25) is 0 Å². The van der Waals surface area contributed by atoms with E-state index in [4.69, 9.17) is 9.47 Å². The Morgan fingerprint density at radius 3 is 2.30 bits per heavy atom. The van der Waals surface area contributed by atoms with E-state index in [9.17, 15) is 9.59 Å². The fourth-order valence-electron chi connectivity index (χ4n) is 2.89. The van der Waals surface area contributed by atoms with Crippen LogP contribution in [0.5, 0.6) is 5.75 Å². The number of carbonyl (C=O) groups is 2. The van der Waals surface area contributed by atoms with Crippen LogP contribution in [0, 0.1) is 0 Å². The van der Waals surface area contributed by atoms with Gasteiger partial charge in [0, 0.05) is 13.7 Å². The van der Waals surface area contributed by atoms with Crippen molar-refractivity contribution in [2.45, 2.75) is 45.6 Å². The van der Waals surface area contributed by atoms with Gasteiger partial charge in [0.1, 0.15) is 5.75 Å². The lowest BCUT2D eigenvalue weighted by Gasteiger charge is -2.21. The second kappa shape index (κ2) is 10.8. The zero-order valence-electron chi connectivity index (χ0n) is 18.5. The summed E-state index contributed by atoms with van der Waals surface area (Å²) in [7, 11) is 1.57. The van der Waals surface area contributed by atoms with Crippen LogP contribution in [-0.4, -0.2) is 38.2 Å². The predicted octanol–water partition coefficient (Wildman–Crippen LogP) is 4.16. The van der Waals surface area contributed by atoms with Crippen LogP contribution in [0.1, 0.15) is 50.0 Å². The number of hydrogen-bond acceptors (Lipinski definition) is 4. The van der Waals surface area contributed by atoms with Crippen LogP contribution in [0.15, 0.2) is 48.5 Å². The Morgan fingerprint density at radius 2 is 1.70 bits per heavy atom. The number of para-hydroxylation sites is 1. The van der Waals surface area contributed by atoms with Crippen LogP contribution in [0.3, 0.4) is 0 Å². The molecule has 0 radical (unpaired) electrons. The van der Waals surface area contributed by atoms with Gasteiger partial charge in [0.05, 0.1) is 17.9 Å². The van der Waals surface area contributed by atoms with Crippen molar-refractivity contribution in [3.8, 4) is 5.75 Å². The lowest BCUT2D eigenvalue weighted by molar-refractivity contribution is -0.122. The van der Waals surface area contributed by atoms with Gasteiger partial charge in [-0.05, 0) is 41.7 Å². The SMILES string of the molecule is CC[C@H](Oc1ccc(C(C)(C)C)cc1)C(=O)Nc1ccccc1C(=O)NCCOC. The summed E-state index contributed by atoms with van der Waals surface area (Å²) in [4.78, 5) is 25.2. The highest BCUT2D eigenvalue weighted by molar-refractivity contribution is 6.04. The van der Waals surface area contributed by atoms with Crippen molar-refractivity contribution >= 4 is 17.5 Å². The van der Waals surface area contributed by atoms with E-state index in [2.05, 4.69) is 31.4 Å². The highest BCUT2D eigenvalue weighted by Crippen LogP contribution is 2.25. The molecule has 0 aromatic heterocycles. The smallest absolute Gasteiger partial charge is 0.265 e. The molecule has 0 aliphatic carbocycles. The Morgan fingerprint density at radius 1 is 1.03 bits per heavy atom. The Balaban J connectivity index is 2.07. The van der Waals surface area contributed by atoms with E-state index < -0.39 is 6.10 Å². The van der Waals surface area contributed by atoms with Gasteiger partial charge in [-0.25, -0.2) is 0 Å². The van der Waals surface area contributed by atoms with Crippen molar-refractivity contribution in [3.05, 3.63) is 59.7 Å². The highest BCUT2D eigenvalue weighted by atomic mass is 16.5. The first kappa shape index (κ1) is 23.4. The number of benzene rings is 2. The lowest BCUT2D eigenvalue weighted by Crippen LogP contribution is -2.34. The second-order valence-electron chi connectivity index (χ2n) is 8.07. The minimum absolute atomic E-state index is 0.0492. The largest absolute Gasteiger partial charge is 0.481 e. The fraction of sp³-hybridized carbons (Fsp3) is 0.417. The Hall–Kier alpha value is -2.86. The molecule has 2 aromatic carbocycles. The zero-order chi connectivity index (χ0) is 22.1. The first-order valence-electron chi connectivity index (χ1n) is 10.2. The first-order valence-corrected chi connectivity index (χ1v) is 10.2. The maximum absolute atomic E-state index is 12.8. The van der Waals surface area contributed by atoms with Gasteiger partial charge >= 0.3 is 0 Å². The lowest BCUT2D eigenvalue weighted by atomic mass is 9.87. The number of nitrogens with one attached hydrogen (secondary N) is 2. The standard InChI is InChI=1S/C24H32N2O4/c1-6-21(30-18-13-11-17(12-14-18)24(2,3)4)23(28)26-20-10-8-7-9-19(20)22(27)25-15-16-29-5/h7-14,21H,6,15-16H2,1-5H3,(H,25,27)(H,26,28)/t21-/m0/s1. The zero-order valence-corrected chi connectivity index (χ0v) is 18.5. The van der Waals surface area contributed by atoms with E-state index in [1.54, 1.807) is 31.4 Å². The molecule has 6 nitrogen and oxygen atoms in total. The summed E-state index contributed by atoms with van der Waals surface area (Å²) in [5.41, 5.74) is 2.09. The molecule has 0 aliphatic rings. The summed E-state index contributed by atoms with van der Waals surface area (Å²) in [6.07, 6.45) is -0.176. The molecular formula is C24H32N2O4. The van der Waals surface area contributed by atoms with E-state index in [-0.39, 0.29) is 17.2 Å². The van der Waals surface area contributed by atoms with E-state index in [1.807, 2.05) is 31.2 Å². The summed E-state index contributed by atoms with van der Waals surface area (Å²) >= 11 is 0. The maximum Gasteiger partial charge on any atom is 0.265 e. The quantitative estimate of drug-likeness (QED) is 0.607. The first-order chi connectivity index (χ1) is 14.3. The number of anilines is 1. The number of ether oxygens (including phenoxy) is 2. The van der Waals surface area contributed by atoms with Crippen molar-refractivity contribution in [1.82, 2.24) is 5.32 Å². The predicted molar refractivity (Wildman–Crippen MR) is 119 cm³/mol. The molecule has 0 aliphatic heterocycles. The fourth-order valence-corrected chi connectivity index (χ4v) is 2.89. The van der Waals surface area contributed by atoms with Crippen LogP contribution >= 0.6 is 0 Å². The van der Waals surface area contributed by atoms with Crippen LogP contribution in [0.25, 0.3) is 0 Å². The van der Waals surface area contributed by atoms with Crippen molar-refractivity contribution in [2.75, 3.05) is 25.6 Å². The van der Waals surface area contributed by atoms with Gasteiger partial charge in [-0.3, -0.25) is 9.59 Å². The molecule has 0 heterocycles. The van der Waals surface area contributed by atoms with Crippen molar-refractivity contribution in [2.24, 2.45) is 0 Å². The van der Waals surface area contributed by atoms with Crippen molar-refractivity contribution < 1.29 is 19.1 Å². The van der Waals surface area contributed by atoms with Gasteiger partial charge in [0.25, 0.3) is 11.8 Å². The highest BCUT2D eigenvalue weighted by Gasteiger charge is 2.21. The molecule has 2 aromatic rings. The summed E-state index contributed by atoms with van der Waals surface area (Å²) in [6.45, 7) is 9.14. The monoisotopic (exact) mass is 412 g/mol. The Labute approximate surface area is 179 Å². The van der Waals surface area contributed by atoms with Crippen LogP contribution in [0.2, 0.25) is 0 Å². The third-order valence-corrected chi connectivity index (χ3v) is 4.68. The molecule has 0 spiro atoms. The average molecular weight is 413 g/mol. The molecule has 2 N–H and O–H groups in total. The summed E-state index contributed by atoms with van der Waals surface area (Å²) in [5, 5.41) is 5.60. The minimum Gasteiger partial charge on any atom is -0.481 e. The van der Waals surface area contributed by atoms with Crippen LogP contribution in [-0.2, 0) is 14.9 Å². The summed E-state index contributed by atoms with van der Waals surface area (Å²) < 4.78 is 10.9. The molecule has 0 saturated heterocycles. The molecule has 2 rings (SSSR count). The Kier molecular flexibility index (Phi) is 8.42. The van der Waals surface area contributed by atoms with E-state index in [0.29, 0.717) is 36.6 Å². The number of amides is 2. The maximum atomic E-state index is 12.8. The number of hydrogen-bond donors (Lipinski definition) is 2. The molecule has 0 fully saturated rings. The van der Waals surface area contributed by atoms with Gasteiger partial charge in [-0.15, -0.1) is 0 Å². The molecule has 6 heteroatoms. The topological polar surface area (TPSA) is 76.7 Å². The van der Waals surface area contributed by atoms with Crippen LogP contribution in [0.4, 0.5) is 5.69 Å². The summed E-state index contributed by atoms with van der Waals surface area (Å²) in [6, 6.07) is 14.7. The third-order valence-electron chi connectivity index (χ3n) is 4.68. The molecule has 2 amide bonds.